The monoisotopic (exact) mass is 229 g/mol. The Hall–Kier alpha value is 0.300. The van der Waals surface area contributed by atoms with Crippen LogP contribution >= 0.6 is 15.9 Å². The average Bonchev–Trinajstić information content (AvgIpc) is 1.87. The summed E-state index contributed by atoms with van der Waals surface area (Å²) in [6.07, 6.45) is -2.25. The van der Waals surface area contributed by atoms with Crippen molar-refractivity contribution in [3.8, 4) is 0 Å². The minimum absolute atomic E-state index is 0.143. The van der Waals surface area contributed by atoms with Crippen molar-refractivity contribution in [2.45, 2.75) is 26.3 Å². The van der Waals surface area contributed by atoms with Crippen LogP contribution in [0.15, 0.2) is 0 Å². The first-order valence-electron chi connectivity index (χ1n) is 3.65. The van der Waals surface area contributed by atoms with Gasteiger partial charge in [-0.1, -0.05) is 29.8 Å². The topological polar surface area (TPSA) is 12.0 Å². The fourth-order valence-corrected chi connectivity index (χ4v) is 1.69. The van der Waals surface area contributed by atoms with Gasteiger partial charge in [-0.3, -0.25) is 0 Å². The largest absolute Gasteiger partial charge is 0.308 e. The fraction of sp³-hybridized carbons (Fsp3) is 1.00. The zero-order chi connectivity index (χ0) is 8.85. The van der Waals surface area contributed by atoms with Gasteiger partial charge in [0, 0.05) is 11.4 Å². The normalized spacial score (nSPS) is 14.5. The van der Waals surface area contributed by atoms with Crippen molar-refractivity contribution in [1.29, 1.82) is 0 Å². The molecule has 4 heteroatoms. The molecule has 0 rings (SSSR count). The van der Waals surface area contributed by atoms with Gasteiger partial charge in [0.15, 0.2) is 0 Å². The Kier molecular flexibility index (Phi) is 6.05. The molecule has 0 aliphatic heterocycles. The summed E-state index contributed by atoms with van der Waals surface area (Å²) in [6.45, 7) is 3.79. The Bertz CT molecular complexity index is 98.4. The van der Waals surface area contributed by atoms with Gasteiger partial charge in [0.25, 0.3) is 6.43 Å². The minimum Gasteiger partial charge on any atom is -0.308 e. The van der Waals surface area contributed by atoms with E-state index in [1.165, 1.54) is 0 Å². The molecule has 0 radical (unpaired) electrons. The molecule has 11 heavy (non-hydrogen) atoms. The highest BCUT2D eigenvalue weighted by Gasteiger charge is 2.12. The molecule has 0 fully saturated rings. The van der Waals surface area contributed by atoms with Crippen LogP contribution in [0.3, 0.4) is 0 Å². The highest BCUT2D eigenvalue weighted by atomic mass is 79.9. The maximum atomic E-state index is 11.7. The van der Waals surface area contributed by atoms with E-state index in [0.717, 1.165) is 5.33 Å². The molecule has 68 valence electrons. The summed E-state index contributed by atoms with van der Waals surface area (Å²) in [6, 6.07) is 0.143. The van der Waals surface area contributed by atoms with Gasteiger partial charge in [0.2, 0.25) is 0 Å². The molecule has 1 unspecified atom stereocenters. The Balaban J connectivity index is 3.52. The summed E-state index contributed by atoms with van der Waals surface area (Å²) in [5.74, 6) is 0.383. The minimum atomic E-state index is -2.25. The number of nitrogens with one attached hydrogen (secondary N) is 1. The first-order valence-corrected chi connectivity index (χ1v) is 4.77. The third-order valence-electron chi connectivity index (χ3n) is 1.51. The van der Waals surface area contributed by atoms with Gasteiger partial charge in [0.1, 0.15) is 0 Å². The van der Waals surface area contributed by atoms with Gasteiger partial charge in [-0.25, -0.2) is 8.78 Å². The molecular weight excluding hydrogens is 216 g/mol. The number of rotatable bonds is 5. The standard InChI is InChI=1S/C7H14BrF2N/c1-5(2)6(3-8)11-4-7(9)10/h5-7,11H,3-4H2,1-2H3. The van der Waals surface area contributed by atoms with Crippen molar-refractivity contribution in [1.82, 2.24) is 5.32 Å². The van der Waals surface area contributed by atoms with E-state index in [1.807, 2.05) is 13.8 Å². The molecule has 1 N–H and O–H groups in total. The van der Waals surface area contributed by atoms with Crippen LogP contribution in [0.1, 0.15) is 13.8 Å². The maximum absolute atomic E-state index is 11.7. The first-order chi connectivity index (χ1) is 5.07. The lowest BCUT2D eigenvalue weighted by Crippen LogP contribution is -2.38. The molecule has 0 spiro atoms. The first kappa shape index (κ1) is 11.3. The van der Waals surface area contributed by atoms with Gasteiger partial charge < -0.3 is 5.32 Å². The molecule has 0 aliphatic carbocycles. The molecule has 0 aliphatic rings. The zero-order valence-electron chi connectivity index (χ0n) is 6.78. The second kappa shape index (κ2) is 5.89. The molecule has 0 bridgehead atoms. The van der Waals surface area contributed by atoms with Crippen molar-refractivity contribution in [3.63, 3.8) is 0 Å². The van der Waals surface area contributed by atoms with Gasteiger partial charge in [-0.05, 0) is 5.92 Å². The van der Waals surface area contributed by atoms with Crippen LogP contribution in [-0.2, 0) is 0 Å². The molecule has 1 nitrogen and oxygen atoms in total. The zero-order valence-corrected chi connectivity index (χ0v) is 8.37. The quantitative estimate of drug-likeness (QED) is 0.714. The SMILES string of the molecule is CC(C)C(CBr)NCC(F)F. The predicted octanol–water partition coefficient (Wildman–Crippen LogP) is 2.26. The summed E-state index contributed by atoms with van der Waals surface area (Å²) in [4.78, 5) is 0. The number of alkyl halides is 3. The highest BCUT2D eigenvalue weighted by molar-refractivity contribution is 9.09. The summed E-state index contributed by atoms with van der Waals surface area (Å²) >= 11 is 3.26. The summed E-state index contributed by atoms with van der Waals surface area (Å²) < 4.78 is 23.4. The summed E-state index contributed by atoms with van der Waals surface area (Å²) in [5.41, 5.74) is 0. The smallest absolute Gasteiger partial charge is 0.250 e. The fourth-order valence-electron chi connectivity index (χ4n) is 0.709. The third-order valence-corrected chi connectivity index (χ3v) is 2.20. The van der Waals surface area contributed by atoms with Gasteiger partial charge in [-0.2, -0.15) is 0 Å². The molecular formula is C7H14BrF2N. The number of halogens is 3. The second-order valence-corrected chi connectivity index (χ2v) is 3.45. The maximum Gasteiger partial charge on any atom is 0.250 e. The lowest BCUT2D eigenvalue weighted by molar-refractivity contribution is 0.139. The van der Waals surface area contributed by atoms with Crippen molar-refractivity contribution in [2.24, 2.45) is 5.92 Å². The highest BCUT2D eigenvalue weighted by Crippen LogP contribution is 2.04. The molecule has 0 aromatic rings. The van der Waals surface area contributed by atoms with Crippen LogP contribution in [0.5, 0.6) is 0 Å². The Morgan fingerprint density at radius 2 is 1.91 bits per heavy atom. The van der Waals surface area contributed by atoms with E-state index < -0.39 is 6.43 Å². The molecule has 0 aromatic carbocycles. The van der Waals surface area contributed by atoms with Crippen LogP contribution in [-0.4, -0.2) is 24.3 Å². The number of hydrogen-bond acceptors (Lipinski definition) is 1. The second-order valence-electron chi connectivity index (χ2n) is 2.80. The summed E-state index contributed by atoms with van der Waals surface area (Å²) in [5, 5.41) is 3.49. The third kappa shape index (κ3) is 5.56. The Morgan fingerprint density at radius 1 is 1.36 bits per heavy atom. The van der Waals surface area contributed by atoms with Crippen molar-refractivity contribution >= 4 is 15.9 Å². The van der Waals surface area contributed by atoms with Gasteiger partial charge in [-0.15, -0.1) is 0 Å². The van der Waals surface area contributed by atoms with E-state index in [0.29, 0.717) is 5.92 Å². The van der Waals surface area contributed by atoms with E-state index in [4.69, 9.17) is 0 Å². The van der Waals surface area contributed by atoms with E-state index in [-0.39, 0.29) is 12.6 Å². The lowest BCUT2D eigenvalue weighted by atomic mass is 10.1. The van der Waals surface area contributed by atoms with E-state index in [1.54, 1.807) is 0 Å². The van der Waals surface area contributed by atoms with Crippen molar-refractivity contribution in [3.05, 3.63) is 0 Å². The molecule has 0 saturated heterocycles. The Morgan fingerprint density at radius 3 is 2.18 bits per heavy atom. The van der Waals surface area contributed by atoms with Crippen LogP contribution < -0.4 is 5.32 Å². The predicted molar refractivity (Wildman–Crippen MR) is 46.4 cm³/mol. The van der Waals surface area contributed by atoms with E-state index in [9.17, 15) is 8.78 Å². The van der Waals surface area contributed by atoms with E-state index in [2.05, 4.69) is 21.2 Å². The molecule has 0 saturated carbocycles. The molecule has 0 heterocycles. The number of hydrogen-bond donors (Lipinski definition) is 1. The van der Waals surface area contributed by atoms with Gasteiger partial charge in [0.05, 0.1) is 6.54 Å². The van der Waals surface area contributed by atoms with Crippen LogP contribution in [0, 0.1) is 5.92 Å². The van der Waals surface area contributed by atoms with Gasteiger partial charge >= 0.3 is 0 Å². The van der Waals surface area contributed by atoms with Crippen molar-refractivity contribution in [2.75, 3.05) is 11.9 Å². The summed E-state index contributed by atoms with van der Waals surface area (Å²) in [7, 11) is 0. The average molecular weight is 230 g/mol. The molecule has 0 amide bonds. The van der Waals surface area contributed by atoms with Crippen LogP contribution in [0.4, 0.5) is 8.78 Å². The Labute approximate surface area is 74.7 Å². The molecule has 0 aromatic heterocycles. The lowest BCUT2D eigenvalue weighted by Gasteiger charge is -2.19. The van der Waals surface area contributed by atoms with Crippen LogP contribution in [0.2, 0.25) is 0 Å². The molecule has 1 atom stereocenters. The van der Waals surface area contributed by atoms with Crippen LogP contribution in [0.25, 0.3) is 0 Å². The van der Waals surface area contributed by atoms with E-state index >= 15 is 0 Å². The van der Waals surface area contributed by atoms with Crippen molar-refractivity contribution < 1.29 is 8.78 Å².